The Hall–Kier alpha value is -0.605. The van der Waals surface area contributed by atoms with E-state index < -0.39 is 0 Å². The van der Waals surface area contributed by atoms with Gasteiger partial charge in [-0.15, -0.1) is 0 Å². The topological polar surface area (TPSA) is 88.1 Å². The van der Waals surface area contributed by atoms with E-state index in [4.69, 9.17) is 14.9 Å². The van der Waals surface area contributed by atoms with Crippen LogP contribution in [0.1, 0.15) is 0 Å². The molecule has 0 radical (unpaired) electrons. The molecule has 1 saturated heterocycles. The summed E-state index contributed by atoms with van der Waals surface area (Å²) in [6.07, 6.45) is 1.67. The number of hydrogen-bond donors (Lipinski definition) is 0. The second kappa shape index (κ2) is 6.25. The molecule has 102 valence electrons. The maximum Gasteiger partial charge on any atom is 1.00 e. The summed E-state index contributed by atoms with van der Waals surface area (Å²) < 4.78 is 11.1. The molecule has 0 aliphatic carbocycles. The zero-order chi connectivity index (χ0) is 13.5. The van der Waals surface area contributed by atoms with Gasteiger partial charge < -0.3 is 29.8 Å². The molecule has 1 N–H and O–H groups in total. The minimum atomic E-state index is -0.00875. The Balaban J connectivity index is 0.00000132. The molecular weight excluding hydrogens is 344 g/mol. The van der Waals surface area contributed by atoms with Gasteiger partial charge >= 0.3 is 58.2 Å². The summed E-state index contributed by atoms with van der Waals surface area (Å²) in [7, 11) is 0. The standard InChI is InChI=1S/C13H12N5O2.Rb/c14-13-16-9-8-2-1-3-15-12(8)20-10(9)11(17-13)18-4-6-19-7-5-18;/h1-3H,4-7H2,(H-,14,16,17);/q-1;+1. The number of furan rings is 1. The molecule has 0 saturated carbocycles. The van der Waals surface area contributed by atoms with Crippen LogP contribution in [0.15, 0.2) is 22.7 Å². The van der Waals surface area contributed by atoms with Crippen LogP contribution in [0.4, 0.5) is 11.8 Å². The van der Waals surface area contributed by atoms with Crippen molar-refractivity contribution in [2.45, 2.75) is 0 Å². The first-order valence-electron chi connectivity index (χ1n) is 6.42. The van der Waals surface area contributed by atoms with Crippen molar-refractivity contribution in [1.29, 1.82) is 0 Å². The molecule has 3 aromatic heterocycles. The zero-order valence-electron chi connectivity index (χ0n) is 11.7. The van der Waals surface area contributed by atoms with E-state index in [0.29, 0.717) is 35.8 Å². The number of pyridine rings is 1. The third-order valence-electron chi connectivity index (χ3n) is 3.38. The summed E-state index contributed by atoms with van der Waals surface area (Å²) in [6.45, 7) is 2.76. The summed E-state index contributed by atoms with van der Waals surface area (Å²) in [5.41, 5.74) is 9.58. The predicted octanol–water partition coefficient (Wildman–Crippen LogP) is -0.705. The van der Waals surface area contributed by atoms with Crippen LogP contribution in [-0.4, -0.2) is 41.3 Å². The van der Waals surface area contributed by atoms with Crippen molar-refractivity contribution in [2.24, 2.45) is 0 Å². The molecule has 0 amide bonds. The van der Waals surface area contributed by atoms with Gasteiger partial charge in [-0.1, -0.05) is 0 Å². The quantitative estimate of drug-likeness (QED) is 0.573. The number of nitrogens with one attached hydrogen (secondary N) is 1. The van der Waals surface area contributed by atoms with Gasteiger partial charge in [0.1, 0.15) is 5.82 Å². The number of rotatable bonds is 1. The van der Waals surface area contributed by atoms with Crippen molar-refractivity contribution < 1.29 is 67.3 Å². The van der Waals surface area contributed by atoms with Gasteiger partial charge in [0.05, 0.1) is 24.1 Å². The molecule has 0 aromatic carbocycles. The molecule has 21 heavy (non-hydrogen) atoms. The van der Waals surface area contributed by atoms with Crippen molar-refractivity contribution in [3.8, 4) is 0 Å². The normalized spacial score (nSPS) is 15.3. The molecule has 1 aliphatic heterocycles. The van der Waals surface area contributed by atoms with E-state index in [1.165, 1.54) is 0 Å². The minimum absolute atomic E-state index is 0. The molecule has 4 rings (SSSR count). The van der Waals surface area contributed by atoms with Gasteiger partial charge in [0.25, 0.3) is 0 Å². The average molecular weight is 356 g/mol. The predicted molar refractivity (Wildman–Crippen MR) is 74.1 cm³/mol. The van der Waals surface area contributed by atoms with Crippen molar-refractivity contribution >= 4 is 34.0 Å². The first-order valence-corrected chi connectivity index (χ1v) is 6.42. The Morgan fingerprint density at radius 1 is 1.19 bits per heavy atom. The van der Waals surface area contributed by atoms with Crippen LogP contribution in [-0.2, 0) is 4.74 Å². The van der Waals surface area contributed by atoms with Gasteiger partial charge in [-0.3, -0.25) is 0 Å². The van der Waals surface area contributed by atoms with Crippen LogP contribution in [0.25, 0.3) is 27.9 Å². The van der Waals surface area contributed by atoms with Gasteiger partial charge in [0, 0.05) is 25.2 Å². The fourth-order valence-electron chi connectivity index (χ4n) is 2.45. The number of hydrogen-bond acceptors (Lipinski definition) is 6. The van der Waals surface area contributed by atoms with E-state index in [2.05, 4.69) is 19.9 Å². The van der Waals surface area contributed by atoms with E-state index in [-0.39, 0.29) is 64.1 Å². The van der Waals surface area contributed by atoms with Crippen LogP contribution in [0.2, 0.25) is 0 Å². The average Bonchev–Trinajstić information content (AvgIpc) is 2.86. The second-order valence-electron chi connectivity index (χ2n) is 4.61. The largest absolute Gasteiger partial charge is 1.00 e. The smallest absolute Gasteiger partial charge is 0.435 e. The van der Waals surface area contributed by atoms with E-state index >= 15 is 0 Å². The first kappa shape index (κ1) is 15.3. The van der Waals surface area contributed by atoms with Crippen LogP contribution < -0.4 is 63.1 Å². The Kier molecular flexibility index (Phi) is 4.56. The number of ether oxygens (including phenoxy) is 1. The van der Waals surface area contributed by atoms with Crippen LogP contribution in [0, 0.1) is 0 Å². The number of anilines is 1. The Bertz CT molecular complexity index is 785. The Morgan fingerprint density at radius 2 is 2.00 bits per heavy atom. The number of fused-ring (bicyclic) bond motifs is 3. The van der Waals surface area contributed by atoms with Gasteiger partial charge in [0.2, 0.25) is 5.71 Å². The summed E-state index contributed by atoms with van der Waals surface area (Å²) >= 11 is 0. The van der Waals surface area contributed by atoms with E-state index in [9.17, 15) is 0 Å². The van der Waals surface area contributed by atoms with Crippen LogP contribution in [0.5, 0.6) is 0 Å². The van der Waals surface area contributed by atoms with E-state index in [0.717, 1.165) is 18.5 Å². The fraction of sp³-hybridized carbons (Fsp3) is 0.308. The summed E-state index contributed by atoms with van der Waals surface area (Å²) in [5, 5.41) is 0.813. The monoisotopic (exact) mass is 355 g/mol. The van der Waals surface area contributed by atoms with Gasteiger partial charge in [0.15, 0.2) is 5.58 Å². The van der Waals surface area contributed by atoms with Crippen LogP contribution in [0.3, 0.4) is 0 Å². The van der Waals surface area contributed by atoms with Crippen molar-refractivity contribution in [2.75, 3.05) is 31.2 Å². The fourth-order valence-corrected chi connectivity index (χ4v) is 2.45. The maximum atomic E-state index is 7.81. The van der Waals surface area contributed by atoms with E-state index in [1.807, 2.05) is 12.1 Å². The number of aromatic nitrogens is 3. The molecule has 1 fully saturated rings. The van der Waals surface area contributed by atoms with Crippen molar-refractivity contribution in [1.82, 2.24) is 15.0 Å². The molecule has 0 atom stereocenters. The molecule has 4 heterocycles. The molecule has 1 aliphatic rings. The molecule has 7 nitrogen and oxygen atoms in total. The van der Waals surface area contributed by atoms with Crippen molar-refractivity contribution in [3.63, 3.8) is 0 Å². The van der Waals surface area contributed by atoms with Gasteiger partial charge in [-0.25, -0.2) is 4.98 Å². The first-order chi connectivity index (χ1) is 9.83. The van der Waals surface area contributed by atoms with Crippen molar-refractivity contribution in [3.05, 3.63) is 24.1 Å². The third-order valence-corrected chi connectivity index (χ3v) is 3.38. The molecule has 8 heteroatoms. The van der Waals surface area contributed by atoms with Gasteiger partial charge in [-0.2, -0.15) is 0 Å². The molecule has 3 aromatic rings. The molecule has 0 spiro atoms. The number of nitrogens with zero attached hydrogens (tertiary/aromatic N) is 4. The number of morpholine rings is 1. The summed E-state index contributed by atoms with van der Waals surface area (Å²) in [4.78, 5) is 14.7. The molecule has 0 bridgehead atoms. The SMILES string of the molecule is [NH-]c1nc(N2CCOCC2)c2oc3ncccc3c2n1.[Rb+]. The zero-order valence-corrected chi connectivity index (χ0v) is 16.6. The minimum Gasteiger partial charge on any atom is -0.435 e. The third kappa shape index (κ3) is 2.73. The van der Waals surface area contributed by atoms with Gasteiger partial charge in [-0.05, 0) is 12.1 Å². The molecule has 0 unspecified atom stereocenters. The Labute approximate surface area is 169 Å². The second-order valence-corrected chi connectivity index (χ2v) is 4.61. The maximum absolute atomic E-state index is 7.81. The molecular formula is C13H12N5O2Rb. The van der Waals surface area contributed by atoms with E-state index in [1.54, 1.807) is 6.20 Å². The Morgan fingerprint density at radius 3 is 2.81 bits per heavy atom. The summed E-state index contributed by atoms with van der Waals surface area (Å²) in [6, 6.07) is 3.72. The summed E-state index contributed by atoms with van der Waals surface area (Å²) in [5.74, 6) is 0.645. The van der Waals surface area contributed by atoms with Crippen LogP contribution >= 0.6 is 0 Å².